The Morgan fingerprint density at radius 3 is 2.05 bits per heavy atom. The molecule has 0 bridgehead atoms. The molecule has 0 amide bonds. The molecule has 0 unspecified atom stereocenters. The molecule has 0 aromatic heterocycles. The third kappa shape index (κ3) is 3.45. The highest BCUT2D eigenvalue weighted by atomic mass is 35.5. The maximum absolute atomic E-state index is 6.21. The summed E-state index contributed by atoms with van der Waals surface area (Å²) in [5.74, 6) is 0.498. The molecule has 0 atom stereocenters. The summed E-state index contributed by atoms with van der Waals surface area (Å²) >= 11 is 16.8. The Balaban J connectivity index is 2.36. The molecular weight excluding hydrogens is 326 g/mol. The van der Waals surface area contributed by atoms with Gasteiger partial charge in [-0.15, -0.1) is 0 Å². The second-order valence-electron chi connectivity index (χ2n) is 6.10. The van der Waals surface area contributed by atoms with Gasteiger partial charge < -0.3 is 9.31 Å². The Labute approximate surface area is 142 Å². The molecule has 114 valence electrons. The molecule has 0 aliphatic carbocycles. The molecule has 1 saturated heterocycles. The minimum Gasteiger partial charge on any atom is -0.400 e. The van der Waals surface area contributed by atoms with Crippen molar-refractivity contribution in [1.29, 1.82) is 0 Å². The average molecular weight is 345 g/mol. The van der Waals surface area contributed by atoms with Crippen molar-refractivity contribution in [3.05, 3.63) is 39.3 Å². The zero-order valence-corrected chi connectivity index (χ0v) is 15.0. The van der Waals surface area contributed by atoms with E-state index in [9.17, 15) is 0 Å². The van der Waals surface area contributed by atoms with Crippen molar-refractivity contribution in [3.63, 3.8) is 0 Å². The molecule has 0 radical (unpaired) electrons. The van der Waals surface area contributed by atoms with Crippen molar-refractivity contribution >= 4 is 49.0 Å². The largest absolute Gasteiger partial charge is 0.491 e. The van der Waals surface area contributed by atoms with Crippen LogP contribution >= 0.6 is 35.8 Å². The van der Waals surface area contributed by atoms with E-state index in [-0.39, 0.29) is 11.2 Å². The molecule has 1 fully saturated rings. The lowest BCUT2D eigenvalue weighted by Gasteiger charge is -2.32. The predicted molar refractivity (Wildman–Crippen MR) is 94.4 cm³/mol. The Kier molecular flexibility index (Phi) is 5.06. The SMILES string of the molecule is CC1(C)OB(C(=Cc2c(Cl)cccc2Cl)CS)OC1(C)C. The molecule has 0 spiro atoms. The van der Waals surface area contributed by atoms with Crippen LogP contribution in [-0.2, 0) is 9.31 Å². The van der Waals surface area contributed by atoms with Crippen molar-refractivity contribution in [2.45, 2.75) is 38.9 Å². The molecule has 0 N–H and O–H groups in total. The van der Waals surface area contributed by atoms with Crippen LogP contribution in [0.25, 0.3) is 6.08 Å². The molecule has 1 aliphatic heterocycles. The van der Waals surface area contributed by atoms with E-state index in [2.05, 4.69) is 12.6 Å². The van der Waals surface area contributed by atoms with Gasteiger partial charge in [0.05, 0.1) is 11.2 Å². The van der Waals surface area contributed by atoms with Gasteiger partial charge in [-0.1, -0.05) is 35.3 Å². The van der Waals surface area contributed by atoms with Gasteiger partial charge in [0.25, 0.3) is 0 Å². The Morgan fingerprint density at radius 2 is 1.62 bits per heavy atom. The van der Waals surface area contributed by atoms with Gasteiger partial charge in [-0.2, -0.15) is 12.6 Å². The molecule has 1 aromatic rings. The highest BCUT2D eigenvalue weighted by molar-refractivity contribution is 7.80. The van der Waals surface area contributed by atoms with E-state index >= 15 is 0 Å². The molecule has 6 heteroatoms. The van der Waals surface area contributed by atoms with Crippen LogP contribution in [0.4, 0.5) is 0 Å². The van der Waals surface area contributed by atoms with Crippen molar-refractivity contribution in [2.75, 3.05) is 5.75 Å². The Morgan fingerprint density at radius 1 is 1.14 bits per heavy atom. The van der Waals surface area contributed by atoms with E-state index in [1.807, 2.05) is 39.8 Å². The summed E-state index contributed by atoms with van der Waals surface area (Å²) in [6.45, 7) is 8.08. The van der Waals surface area contributed by atoms with E-state index in [0.29, 0.717) is 15.8 Å². The van der Waals surface area contributed by atoms with Crippen molar-refractivity contribution < 1.29 is 9.31 Å². The van der Waals surface area contributed by atoms with Crippen LogP contribution in [0.15, 0.2) is 23.7 Å². The molecule has 2 rings (SSSR count). The topological polar surface area (TPSA) is 18.5 Å². The monoisotopic (exact) mass is 344 g/mol. The van der Waals surface area contributed by atoms with Crippen molar-refractivity contribution in [2.24, 2.45) is 0 Å². The fraction of sp³-hybridized carbons (Fsp3) is 0.467. The van der Waals surface area contributed by atoms with Gasteiger partial charge in [0.2, 0.25) is 0 Å². The van der Waals surface area contributed by atoms with Gasteiger partial charge in [-0.05, 0) is 45.3 Å². The average Bonchev–Trinajstić information content (AvgIpc) is 2.58. The van der Waals surface area contributed by atoms with Gasteiger partial charge >= 0.3 is 7.12 Å². The summed E-state index contributed by atoms with van der Waals surface area (Å²) in [6, 6.07) is 5.43. The van der Waals surface area contributed by atoms with Gasteiger partial charge in [-0.25, -0.2) is 0 Å². The summed E-state index contributed by atoms with van der Waals surface area (Å²) in [5, 5.41) is 1.19. The fourth-order valence-electron chi connectivity index (χ4n) is 2.02. The normalized spacial score (nSPS) is 20.9. The van der Waals surface area contributed by atoms with E-state index in [1.165, 1.54) is 0 Å². The third-order valence-corrected chi connectivity index (χ3v) is 5.09. The van der Waals surface area contributed by atoms with Crippen LogP contribution in [0.3, 0.4) is 0 Å². The van der Waals surface area contributed by atoms with Crippen molar-refractivity contribution in [1.82, 2.24) is 0 Å². The lowest BCUT2D eigenvalue weighted by Crippen LogP contribution is -2.41. The van der Waals surface area contributed by atoms with Crippen molar-refractivity contribution in [3.8, 4) is 0 Å². The number of thiol groups is 1. The lowest BCUT2D eigenvalue weighted by atomic mass is 9.78. The van der Waals surface area contributed by atoms with Crippen LogP contribution in [0, 0.1) is 0 Å². The lowest BCUT2D eigenvalue weighted by molar-refractivity contribution is 0.00578. The standard InChI is InChI=1S/C15H19BCl2O2S/c1-14(2)15(3,4)20-16(19-14)10(9-21)8-11-12(17)6-5-7-13(11)18/h5-8,21H,9H2,1-4H3. The smallest absolute Gasteiger partial charge is 0.400 e. The van der Waals surface area contributed by atoms with Crippen LogP contribution in [0.2, 0.25) is 10.0 Å². The molecule has 1 aromatic carbocycles. The third-order valence-electron chi connectivity index (χ3n) is 4.07. The van der Waals surface area contributed by atoms with Crippen LogP contribution in [0.1, 0.15) is 33.3 Å². The van der Waals surface area contributed by atoms with E-state index in [1.54, 1.807) is 12.1 Å². The zero-order chi connectivity index (χ0) is 15.8. The highest BCUT2D eigenvalue weighted by Crippen LogP contribution is 2.39. The maximum Gasteiger partial charge on any atom is 0.491 e. The molecule has 2 nitrogen and oxygen atoms in total. The summed E-state index contributed by atoms with van der Waals surface area (Å²) in [7, 11) is -0.445. The molecular formula is C15H19BCl2O2S. The van der Waals surface area contributed by atoms with Crippen LogP contribution in [0.5, 0.6) is 0 Å². The minimum atomic E-state index is -0.445. The summed E-state index contributed by atoms with van der Waals surface area (Å²) in [4.78, 5) is 0. The van der Waals surface area contributed by atoms with Gasteiger partial charge in [0, 0.05) is 21.4 Å². The van der Waals surface area contributed by atoms with Gasteiger partial charge in [0.15, 0.2) is 0 Å². The summed E-state index contributed by atoms with van der Waals surface area (Å²) in [6.07, 6.45) is 1.90. The first-order valence-corrected chi connectivity index (χ1v) is 8.18. The first-order valence-electron chi connectivity index (χ1n) is 6.79. The summed E-state index contributed by atoms with van der Waals surface area (Å²) in [5.41, 5.74) is 0.889. The van der Waals surface area contributed by atoms with Crippen LogP contribution < -0.4 is 0 Å². The number of hydrogen-bond donors (Lipinski definition) is 1. The molecule has 1 heterocycles. The number of hydrogen-bond acceptors (Lipinski definition) is 3. The number of rotatable bonds is 3. The first-order chi connectivity index (χ1) is 9.68. The van der Waals surface area contributed by atoms with E-state index in [0.717, 1.165) is 11.0 Å². The minimum absolute atomic E-state index is 0.385. The second-order valence-corrected chi connectivity index (χ2v) is 7.23. The quantitative estimate of drug-likeness (QED) is 0.618. The fourth-order valence-corrected chi connectivity index (χ4v) is 2.76. The Bertz CT molecular complexity index is 537. The Hall–Kier alpha value is -0.125. The summed E-state index contributed by atoms with van der Waals surface area (Å²) < 4.78 is 12.1. The zero-order valence-electron chi connectivity index (χ0n) is 12.6. The van der Waals surface area contributed by atoms with Gasteiger partial charge in [0.1, 0.15) is 0 Å². The van der Waals surface area contributed by atoms with E-state index < -0.39 is 7.12 Å². The first kappa shape index (κ1) is 17.2. The maximum atomic E-state index is 6.21. The van der Waals surface area contributed by atoms with Crippen LogP contribution in [-0.4, -0.2) is 24.1 Å². The van der Waals surface area contributed by atoms with E-state index in [4.69, 9.17) is 32.5 Å². The number of benzene rings is 1. The molecule has 0 saturated carbocycles. The predicted octanol–water partition coefficient (Wildman–Crippen LogP) is 4.94. The van der Waals surface area contributed by atoms with Gasteiger partial charge in [-0.3, -0.25) is 0 Å². The highest BCUT2D eigenvalue weighted by Gasteiger charge is 2.52. The second kappa shape index (κ2) is 6.17. The number of halogens is 2. The molecule has 21 heavy (non-hydrogen) atoms. The molecule has 1 aliphatic rings.